The van der Waals surface area contributed by atoms with Gasteiger partial charge in [-0.1, -0.05) is 0 Å². The van der Waals surface area contributed by atoms with Crippen molar-refractivity contribution in [2.24, 2.45) is 0 Å². The highest BCUT2D eigenvalue weighted by atomic mass is 19.1. The molecule has 0 saturated heterocycles. The SMILES string of the molecule is Cc1cc(C(O)C(O)CCO)c(F)cc1N. The highest BCUT2D eigenvalue weighted by Crippen LogP contribution is 2.25. The van der Waals surface area contributed by atoms with Gasteiger partial charge < -0.3 is 21.1 Å². The number of rotatable bonds is 4. The van der Waals surface area contributed by atoms with Crippen LogP contribution in [0.3, 0.4) is 0 Å². The molecule has 0 aliphatic carbocycles. The van der Waals surface area contributed by atoms with Gasteiger partial charge in [-0.2, -0.15) is 0 Å². The molecule has 0 radical (unpaired) electrons. The van der Waals surface area contributed by atoms with Crippen molar-refractivity contribution in [3.63, 3.8) is 0 Å². The normalized spacial score (nSPS) is 14.8. The van der Waals surface area contributed by atoms with Gasteiger partial charge in [0, 0.05) is 17.9 Å². The molecule has 5 heteroatoms. The van der Waals surface area contributed by atoms with Gasteiger partial charge in [-0.3, -0.25) is 0 Å². The van der Waals surface area contributed by atoms with Crippen molar-refractivity contribution in [3.05, 3.63) is 29.1 Å². The number of aryl methyl sites for hydroxylation is 1. The lowest BCUT2D eigenvalue weighted by atomic mass is 9.99. The lowest BCUT2D eigenvalue weighted by Gasteiger charge is -2.18. The molecular weight excluding hydrogens is 213 g/mol. The molecule has 1 rings (SSSR count). The first-order chi connectivity index (χ1) is 7.47. The van der Waals surface area contributed by atoms with Crippen LogP contribution in [-0.4, -0.2) is 28.0 Å². The molecule has 0 bridgehead atoms. The monoisotopic (exact) mass is 229 g/mol. The second-order valence-corrected chi connectivity index (χ2v) is 3.75. The van der Waals surface area contributed by atoms with E-state index in [-0.39, 0.29) is 18.6 Å². The summed E-state index contributed by atoms with van der Waals surface area (Å²) in [7, 11) is 0. The third-order valence-electron chi connectivity index (χ3n) is 2.49. The fraction of sp³-hybridized carbons (Fsp3) is 0.455. The highest BCUT2D eigenvalue weighted by molar-refractivity contribution is 5.48. The van der Waals surface area contributed by atoms with Crippen LogP contribution < -0.4 is 5.73 Å². The molecule has 0 saturated carbocycles. The van der Waals surface area contributed by atoms with Gasteiger partial charge in [0.15, 0.2) is 0 Å². The van der Waals surface area contributed by atoms with E-state index in [0.29, 0.717) is 11.3 Å². The number of halogens is 1. The first-order valence-corrected chi connectivity index (χ1v) is 5.00. The Hall–Kier alpha value is -1.17. The van der Waals surface area contributed by atoms with Crippen LogP contribution in [0.1, 0.15) is 23.7 Å². The predicted octanol–water partition coefficient (Wildman–Crippen LogP) is 0.493. The minimum absolute atomic E-state index is 0.00681. The Bertz CT molecular complexity index is 370. The molecule has 1 aromatic rings. The van der Waals surface area contributed by atoms with Gasteiger partial charge in [-0.25, -0.2) is 4.39 Å². The maximum Gasteiger partial charge on any atom is 0.131 e. The van der Waals surface area contributed by atoms with Crippen molar-refractivity contribution >= 4 is 5.69 Å². The molecule has 0 aliphatic rings. The van der Waals surface area contributed by atoms with Crippen LogP contribution in [0.25, 0.3) is 0 Å². The number of hydrogen-bond acceptors (Lipinski definition) is 4. The van der Waals surface area contributed by atoms with E-state index in [4.69, 9.17) is 10.8 Å². The fourth-order valence-electron chi connectivity index (χ4n) is 1.44. The molecule has 0 spiro atoms. The summed E-state index contributed by atoms with van der Waals surface area (Å²) in [4.78, 5) is 0. The van der Waals surface area contributed by atoms with Crippen molar-refractivity contribution in [2.75, 3.05) is 12.3 Å². The summed E-state index contributed by atoms with van der Waals surface area (Å²) < 4.78 is 13.5. The molecule has 90 valence electrons. The van der Waals surface area contributed by atoms with Crippen LogP contribution in [0.4, 0.5) is 10.1 Å². The lowest BCUT2D eigenvalue weighted by molar-refractivity contribution is 0.00235. The Morgan fingerprint density at radius 2 is 2.00 bits per heavy atom. The summed E-state index contributed by atoms with van der Waals surface area (Å²) in [6.07, 6.45) is -2.56. The van der Waals surface area contributed by atoms with E-state index in [9.17, 15) is 14.6 Å². The molecule has 0 heterocycles. The van der Waals surface area contributed by atoms with E-state index in [2.05, 4.69) is 0 Å². The van der Waals surface area contributed by atoms with E-state index in [1.165, 1.54) is 6.07 Å². The van der Waals surface area contributed by atoms with E-state index in [1.54, 1.807) is 6.92 Å². The van der Waals surface area contributed by atoms with Gasteiger partial charge in [-0.15, -0.1) is 0 Å². The van der Waals surface area contributed by atoms with Gasteiger partial charge in [0.05, 0.1) is 6.10 Å². The molecular formula is C11H16FNO3. The van der Waals surface area contributed by atoms with Gasteiger partial charge >= 0.3 is 0 Å². The third kappa shape index (κ3) is 2.69. The molecule has 0 amide bonds. The Morgan fingerprint density at radius 3 is 2.56 bits per heavy atom. The summed E-state index contributed by atoms with van der Waals surface area (Å²) in [6.45, 7) is 1.41. The molecule has 0 fully saturated rings. The number of hydrogen-bond donors (Lipinski definition) is 4. The Labute approximate surface area is 93.1 Å². The number of nitrogen functional groups attached to an aromatic ring is 1. The summed E-state index contributed by atoms with van der Waals surface area (Å²) in [5.74, 6) is -0.660. The van der Waals surface area contributed by atoms with Crippen molar-refractivity contribution < 1.29 is 19.7 Å². The number of nitrogens with two attached hydrogens (primary N) is 1. The largest absolute Gasteiger partial charge is 0.398 e. The van der Waals surface area contributed by atoms with E-state index < -0.39 is 18.0 Å². The van der Waals surface area contributed by atoms with Crippen molar-refractivity contribution in [1.29, 1.82) is 0 Å². The smallest absolute Gasteiger partial charge is 0.131 e. The minimum atomic E-state index is -1.36. The van der Waals surface area contributed by atoms with E-state index in [0.717, 1.165) is 6.07 Å². The Morgan fingerprint density at radius 1 is 1.38 bits per heavy atom. The minimum Gasteiger partial charge on any atom is -0.398 e. The molecule has 0 aliphatic heterocycles. The van der Waals surface area contributed by atoms with Gasteiger partial charge in [0.25, 0.3) is 0 Å². The van der Waals surface area contributed by atoms with Gasteiger partial charge in [0.2, 0.25) is 0 Å². The number of aliphatic hydroxyl groups excluding tert-OH is 3. The van der Waals surface area contributed by atoms with E-state index >= 15 is 0 Å². The molecule has 16 heavy (non-hydrogen) atoms. The zero-order valence-electron chi connectivity index (χ0n) is 9.02. The third-order valence-corrected chi connectivity index (χ3v) is 2.49. The maximum atomic E-state index is 13.5. The Balaban J connectivity index is 2.99. The second-order valence-electron chi connectivity index (χ2n) is 3.75. The van der Waals surface area contributed by atoms with E-state index in [1.807, 2.05) is 0 Å². The van der Waals surface area contributed by atoms with Gasteiger partial charge in [0.1, 0.15) is 11.9 Å². The van der Waals surface area contributed by atoms with Crippen LogP contribution in [-0.2, 0) is 0 Å². The highest BCUT2D eigenvalue weighted by Gasteiger charge is 2.21. The quantitative estimate of drug-likeness (QED) is 0.566. The molecule has 5 N–H and O–H groups in total. The first kappa shape index (κ1) is 12.9. The predicted molar refractivity (Wildman–Crippen MR) is 58.2 cm³/mol. The van der Waals surface area contributed by atoms with Crippen molar-refractivity contribution in [3.8, 4) is 0 Å². The summed E-state index contributed by atoms with van der Waals surface area (Å²) >= 11 is 0. The summed E-state index contributed by atoms with van der Waals surface area (Å²) in [5, 5.41) is 27.7. The topological polar surface area (TPSA) is 86.7 Å². The van der Waals surface area contributed by atoms with Crippen LogP contribution in [0.5, 0.6) is 0 Å². The fourth-order valence-corrected chi connectivity index (χ4v) is 1.44. The zero-order valence-corrected chi connectivity index (χ0v) is 9.02. The average Bonchev–Trinajstić information content (AvgIpc) is 2.23. The van der Waals surface area contributed by atoms with Crippen LogP contribution in [0.15, 0.2) is 12.1 Å². The number of benzene rings is 1. The average molecular weight is 229 g/mol. The lowest BCUT2D eigenvalue weighted by Crippen LogP contribution is -2.20. The molecule has 2 unspecified atom stereocenters. The van der Waals surface area contributed by atoms with Crippen molar-refractivity contribution in [2.45, 2.75) is 25.6 Å². The molecule has 2 atom stereocenters. The maximum absolute atomic E-state index is 13.5. The molecule has 1 aromatic carbocycles. The standard InChI is InChI=1S/C11H16FNO3/c1-6-4-7(8(12)5-9(6)13)11(16)10(15)2-3-14/h4-5,10-11,14-16H,2-3,13H2,1H3. The van der Waals surface area contributed by atoms with Gasteiger partial charge in [-0.05, 0) is 31.0 Å². The van der Waals surface area contributed by atoms with Crippen LogP contribution >= 0.6 is 0 Å². The number of aliphatic hydroxyl groups is 3. The zero-order chi connectivity index (χ0) is 12.3. The Kier molecular flexibility index (Phi) is 4.23. The molecule has 4 nitrogen and oxygen atoms in total. The summed E-state index contributed by atoms with van der Waals surface area (Å²) in [6, 6.07) is 2.51. The van der Waals surface area contributed by atoms with Crippen LogP contribution in [0, 0.1) is 12.7 Å². The number of anilines is 1. The van der Waals surface area contributed by atoms with Crippen LogP contribution in [0.2, 0.25) is 0 Å². The summed E-state index contributed by atoms with van der Waals surface area (Å²) in [5.41, 5.74) is 6.42. The first-order valence-electron chi connectivity index (χ1n) is 5.00. The second kappa shape index (κ2) is 5.25. The molecule has 0 aromatic heterocycles. The van der Waals surface area contributed by atoms with Crippen molar-refractivity contribution in [1.82, 2.24) is 0 Å².